The monoisotopic (exact) mass is 178 g/mol. The predicted octanol–water partition coefficient (Wildman–Crippen LogP) is 2.35. The van der Waals surface area contributed by atoms with E-state index >= 15 is 0 Å². The molecule has 1 atom stereocenters. The second kappa shape index (κ2) is 2.89. The summed E-state index contributed by atoms with van der Waals surface area (Å²) < 4.78 is 0. The molecule has 8 heavy (non-hydrogen) atoms. The first kappa shape index (κ1) is 6.64. The molecular weight excluding hydrogens is 163 g/mol. The third-order valence-electron chi connectivity index (χ3n) is 1.71. The molecule has 48 valence electrons. The Balaban J connectivity index is 2.24. The van der Waals surface area contributed by atoms with Gasteiger partial charge in [0, 0.05) is 0 Å². The topological polar surface area (TPSA) is 0 Å². The van der Waals surface area contributed by atoms with Crippen LogP contribution < -0.4 is 0 Å². The minimum atomic E-state index is 0.970. The molecule has 1 saturated heterocycles. The Morgan fingerprint density at radius 2 is 2.25 bits per heavy atom. The standard InChI is InChI=1S/C7H14Se/c1-6(2)7-4-3-5-8-7/h6-7H,3-5H2,1-2H3. The van der Waals surface area contributed by atoms with Gasteiger partial charge in [0.2, 0.25) is 0 Å². The van der Waals surface area contributed by atoms with E-state index in [9.17, 15) is 0 Å². The van der Waals surface area contributed by atoms with E-state index < -0.39 is 0 Å². The van der Waals surface area contributed by atoms with Crippen molar-refractivity contribution < 1.29 is 0 Å². The van der Waals surface area contributed by atoms with Crippen LogP contribution in [0.2, 0.25) is 10.1 Å². The second-order valence-corrected chi connectivity index (χ2v) is 5.62. The second-order valence-electron chi connectivity index (χ2n) is 2.80. The molecule has 0 N–H and O–H groups in total. The maximum absolute atomic E-state index is 2.36. The molecule has 1 fully saturated rings. The molecule has 0 saturated carbocycles. The van der Waals surface area contributed by atoms with Crippen molar-refractivity contribution in [1.29, 1.82) is 0 Å². The molecule has 0 aromatic heterocycles. The summed E-state index contributed by atoms with van der Waals surface area (Å²) in [5, 5.41) is 1.55. The van der Waals surface area contributed by atoms with Crippen molar-refractivity contribution in [3.63, 3.8) is 0 Å². The molecule has 0 aliphatic carbocycles. The zero-order valence-corrected chi connectivity index (χ0v) is 7.40. The summed E-state index contributed by atoms with van der Waals surface area (Å²) in [7, 11) is 0. The molecule has 0 amide bonds. The Morgan fingerprint density at radius 3 is 2.50 bits per heavy atom. The van der Waals surface area contributed by atoms with Gasteiger partial charge in [0.25, 0.3) is 0 Å². The average molecular weight is 177 g/mol. The van der Waals surface area contributed by atoms with Crippen molar-refractivity contribution in [2.75, 3.05) is 0 Å². The average Bonchev–Trinajstić information content (AvgIpc) is 2.12. The van der Waals surface area contributed by atoms with E-state index in [4.69, 9.17) is 0 Å². The van der Waals surface area contributed by atoms with Crippen molar-refractivity contribution in [2.45, 2.75) is 36.8 Å². The summed E-state index contributed by atoms with van der Waals surface area (Å²) in [4.78, 5) is 1.13. The summed E-state index contributed by atoms with van der Waals surface area (Å²) in [6, 6.07) is 0. The summed E-state index contributed by atoms with van der Waals surface area (Å²) in [5.41, 5.74) is 0. The van der Waals surface area contributed by atoms with Crippen LogP contribution in [0.25, 0.3) is 0 Å². The predicted molar refractivity (Wildman–Crippen MR) is 38.4 cm³/mol. The Labute approximate surface area is 58.2 Å². The summed E-state index contributed by atoms with van der Waals surface area (Å²) in [6.07, 6.45) is 3.04. The van der Waals surface area contributed by atoms with Crippen molar-refractivity contribution in [1.82, 2.24) is 0 Å². The van der Waals surface area contributed by atoms with E-state index in [1.807, 2.05) is 0 Å². The molecule has 1 aliphatic heterocycles. The van der Waals surface area contributed by atoms with Gasteiger partial charge in [-0.05, 0) is 0 Å². The Bertz CT molecular complexity index is 62.8. The van der Waals surface area contributed by atoms with Crippen LogP contribution in [0.5, 0.6) is 0 Å². The Morgan fingerprint density at radius 1 is 1.50 bits per heavy atom. The fraction of sp³-hybridized carbons (Fsp3) is 1.00. The third kappa shape index (κ3) is 1.50. The fourth-order valence-electron chi connectivity index (χ4n) is 1.13. The van der Waals surface area contributed by atoms with Crippen LogP contribution in [0.1, 0.15) is 26.7 Å². The quantitative estimate of drug-likeness (QED) is 0.539. The minimum absolute atomic E-state index is 0.970. The number of hydrogen-bond acceptors (Lipinski definition) is 0. The Hall–Kier alpha value is 0.519. The van der Waals surface area contributed by atoms with Crippen LogP contribution in [-0.4, -0.2) is 15.0 Å². The number of hydrogen-bond donors (Lipinski definition) is 0. The van der Waals surface area contributed by atoms with Crippen LogP contribution >= 0.6 is 0 Å². The van der Waals surface area contributed by atoms with Crippen molar-refractivity contribution in [3.05, 3.63) is 0 Å². The van der Waals surface area contributed by atoms with Gasteiger partial charge in [0.15, 0.2) is 0 Å². The first-order valence-electron chi connectivity index (χ1n) is 3.42. The van der Waals surface area contributed by atoms with Crippen LogP contribution in [0.15, 0.2) is 0 Å². The molecule has 0 nitrogen and oxygen atoms in total. The van der Waals surface area contributed by atoms with Crippen molar-refractivity contribution >= 4 is 15.0 Å². The van der Waals surface area contributed by atoms with Crippen LogP contribution in [0.3, 0.4) is 0 Å². The zero-order chi connectivity index (χ0) is 5.98. The van der Waals surface area contributed by atoms with Gasteiger partial charge in [-0.15, -0.1) is 0 Å². The maximum atomic E-state index is 2.36. The molecule has 1 unspecified atom stereocenters. The van der Waals surface area contributed by atoms with Gasteiger partial charge < -0.3 is 0 Å². The first-order valence-corrected chi connectivity index (χ1v) is 5.62. The molecule has 1 heterocycles. The molecule has 0 aromatic rings. The molecule has 1 heteroatoms. The van der Waals surface area contributed by atoms with E-state index in [-0.39, 0.29) is 0 Å². The van der Waals surface area contributed by atoms with Gasteiger partial charge in [0.1, 0.15) is 0 Å². The van der Waals surface area contributed by atoms with Crippen LogP contribution in [-0.2, 0) is 0 Å². The van der Waals surface area contributed by atoms with E-state index in [1.54, 1.807) is 5.32 Å². The fourth-order valence-corrected chi connectivity index (χ4v) is 3.97. The van der Waals surface area contributed by atoms with Gasteiger partial charge in [-0.3, -0.25) is 0 Å². The van der Waals surface area contributed by atoms with Crippen LogP contribution in [0, 0.1) is 5.92 Å². The molecule has 0 bridgehead atoms. The number of rotatable bonds is 1. The van der Waals surface area contributed by atoms with Crippen molar-refractivity contribution in [3.8, 4) is 0 Å². The zero-order valence-electron chi connectivity index (χ0n) is 5.68. The van der Waals surface area contributed by atoms with Gasteiger partial charge in [-0.1, -0.05) is 0 Å². The normalized spacial score (nSPS) is 29.6. The van der Waals surface area contributed by atoms with Crippen molar-refractivity contribution in [2.24, 2.45) is 5.92 Å². The van der Waals surface area contributed by atoms with E-state index in [0.29, 0.717) is 0 Å². The van der Waals surface area contributed by atoms with E-state index in [2.05, 4.69) is 13.8 Å². The molecule has 0 aromatic carbocycles. The molecule has 0 radical (unpaired) electrons. The molecule has 0 spiro atoms. The van der Waals surface area contributed by atoms with Gasteiger partial charge >= 0.3 is 57.7 Å². The van der Waals surface area contributed by atoms with Gasteiger partial charge in [0.05, 0.1) is 0 Å². The van der Waals surface area contributed by atoms with Gasteiger partial charge in [-0.2, -0.15) is 0 Å². The van der Waals surface area contributed by atoms with Gasteiger partial charge in [-0.25, -0.2) is 0 Å². The Kier molecular flexibility index (Phi) is 2.40. The first-order chi connectivity index (χ1) is 3.80. The molecular formula is C7H14Se. The van der Waals surface area contributed by atoms with E-state index in [0.717, 1.165) is 25.7 Å². The SMILES string of the molecule is CC(C)C1CCC[Se]1. The summed E-state index contributed by atoms with van der Waals surface area (Å²) in [5.74, 6) is 0.970. The van der Waals surface area contributed by atoms with E-state index in [1.165, 1.54) is 12.8 Å². The van der Waals surface area contributed by atoms with Crippen LogP contribution in [0.4, 0.5) is 0 Å². The summed E-state index contributed by atoms with van der Waals surface area (Å²) in [6.45, 7) is 4.72. The summed E-state index contributed by atoms with van der Waals surface area (Å²) >= 11 is 1.01. The molecule has 1 rings (SSSR count). The molecule has 1 aliphatic rings. The third-order valence-corrected chi connectivity index (χ3v) is 5.34.